The van der Waals surface area contributed by atoms with Crippen LogP contribution in [0.25, 0.3) is 11.3 Å². The van der Waals surface area contributed by atoms with Gasteiger partial charge >= 0.3 is 0 Å². The van der Waals surface area contributed by atoms with Crippen molar-refractivity contribution in [2.45, 2.75) is 6.54 Å². The molecular formula is C17H13Cl2N3S2. The fourth-order valence-electron chi connectivity index (χ4n) is 2.18. The standard InChI is InChI=1S/C17H13Cl2N3S2/c18-13-4-1-5-14(15(13)19)22-17(23)21-9-11-3-2-7-20-16(11)12-6-8-24-10-12/h1-8,10H,9H2,(H2,21,22,23). The van der Waals surface area contributed by atoms with Crippen LogP contribution >= 0.6 is 46.8 Å². The summed E-state index contributed by atoms with van der Waals surface area (Å²) in [6.45, 7) is 0.559. The number of hydrogen-bond donors (Lipinski definition) is 2. The summed E-state index contributed by atoms with van der Waals surface area (Å²) in [5.74, 6) is 0. The van der Waals surface area contributed by atoms with Gasteiger partial charge in [-0.3, -0.25) is 4.98 Å². The van der Waals surface area contributed by atoms with Gasteiger partial charge in [-0.25, -0.2) is 0 Å². The molecule has 0 amide bonds. The van der Waals surface area contributed by atoms with Gasteiger partial charge in [-0.05, 0) is 47.4 Å². The van der Waals surface area contributed by atoms with Gasteiger partial charge in [0.2, 0.25) is 0 Å². The van der Waals surface area contributed by atoms with Crippen molar-refractivity contribution in [3.05, 3.63) is 69.0 Å². The Balaban J connectivity index is 1.68. The maximum Gasteiger partial charge on any atom is 0.171 e. The van der Waals surface area contributed by atoms with E-state index >= 15 is 0 Å². The summed E-state index contributed by atoms with van der Waals surface area (Å²) in [5, 5.41) is 11.8. The van der Waals surface area contributed by atoms with Gasteiger partial charge in [-0.1, -0.05) is 35.3 Å². The zero-order valence-electron chi connectivity index (χ0n) is 12.4. The Morgan fingerprint density at radius 3 is 2.83 bits per heavy atom. The smallest absolute Gasteiger partial charge is 0.171 e. The second kappa shape index (κ2) is 7.94. The van der Waals surface area contributed by atoms with Crippen molar-refractivity contribution in [1.29, 1.82) is 0 Å². The maximum atomic E-state index is 6.16. The molecule has 122 valence electrons. The molecule has 0 aliphatic carbocycles. The molecule has 7 heteroatoms. The molecule has 2 aromatic heterocycles. The highest BCUT2D eigenvalue weighted by Gasteiger charge is 2.09. The first-order valence-electron chi connectivity index (χ1n) is 7.10. The van der Waals surface area contributed by atoms with Crippen molar-refractivity contribution in [1.82, 2.24) is 10.3 Å². The predicted octanol–water partition coefficient (Wildman–Crippen LogP) is 5.60. The summed E-state index contributed by atoms with van der Waals surface area (Å²) in [4.78, 5) is 4.47. The first-order valence-corrected chi connectivity index (χ1v) is 9.21. The molecule has 0 aliphatic heterocycles. The Bertz CT molecular complexity index is 851. The Morgan fingerprint density at radius 2 is 2.04 bits per heavy atom. The molecule has 0 spiro atoms. The van der Waals surface area contributed by atoms with E-state index in [1.165, 1.54) is 0 Å². The van der Waals surface area contributed by atoms with Crippen molar-refractivity contribution >= 4 is 57.6 Å². The number of thiophene rings is 1. The minimum absolute atomic E-state index is 0.448. The Hall–Kier alpha value is -1.66. The fraction of sp³-hybridized carbons (Fsp3) is 0.0588. The lowest BCUT2D eigenvalue weighted by Gasteiger charge is -2.13. The van der Waals surface area contributed by atoms with Crippen molar-refractivity contribution in [3.8, 4) is 11.3 Å². The SMILES string of the molecule is S=C(NCc1cccnc1-c1ccsc1)Nc1cccc(Cl)c1Cl. The monoisotopic (exact) mass is 393 g/mol. The highest BCUT2D eigenvalue weighted by molar-refractivity contribution is 7.80. The number of aromatic nitrogens is 1. The lowest BCUT2D eigenvalue weighted by molar-refractivity contribution is 0.920. The summed E-state index contributed by atoms with van der Waals surface area (Å²) in [7, 11) is 0. The van der Waals surface area contributed by atoms with Crippen LogP contribution in [0.5, 0.6) is 0 Å². The third-order valence-electron chi connectivity index (χ3n) is 3.33. The van der Waals surface area contributed by atoms with Crippen molar-refractivity contribution < 1.29 is 0 Å². The molecule has 0 radical (unpaired) electrons. The molecule has 0 saturated carbocycles. The molecule has 1 aromatic carbocycles. The van der Waals surface area contributed by atoms with Crippen LogP contribution in [0.2, 0.25) is 10.0 Å². The highest BCUT2D eigenvalue weighted by Crippen LogP contribution is 2.29. The molecule has 0 bridgehead atoms. The second-order valence-electron chi connectivity index (χ2n) is 4.93. The first-order chi connectivity index (χ1) is 11.6. The number of nitrogens with one attached hydrogen (secondary N) is 2. The predicted molar refractivity (Wildman–Crippen MR) is 107 cm³/mol. The molecule has 3 aromatic rings. The average Bonchev–Trinajstić information content (AvgIpc) is 3.12. The average molecular weight is 394 g/mol. The van der Waals surface area contributed by atoms with Crippen molar-refractivity contribution in [2.24, 2.45) is 0 Å². The van der Waals surface area contributed by atoms with E-state index in [0.29, 0.717) is 27.4 Å². The van der Waals surface area contributed by atoms with E-state index in [9.17, 15) is 0 Å². The zero-order chi connectivity index (χ0) is 16.9. The van der Waals surface area contributed by atoms with Gasteiger partial charge in [0.05, 0.1) is 21.4 Å². The van der Waals surface area contributed by atoms with E-state index in [4.69, 9.17) is 35.4 Å². The largest absolute Gasteiger partial charge is 0.358 e. The number of rotatable bonds is 4. The van der Waals surface area contributed by atoms with Gasteiger partial charge in [0.1, 0.15) is 0 Å². The molecule has 0 aliphatic rings. The number of nitrogens with zero attached hydrogens (tertiary/aromatic N) is 1. The summed E-state index contributed by atoms with van der Waals surface area (Å²) in [6.07, 6.45) is 1.79. The Labute approximate surface area is 159 Å². The maximum absolute atomic E-state index is 6.16. The minimum atomic E-state index is 0.448. The lowest BCUT2D eigenvalue weighted by Crippen LogP contribution is -2.28. The van der Waals surface area contributed by atoms with Crippen LogP contribution in [0, 0.1) is 0 Å². The van der Waals surface area contributed by atoms with E-state index in [2.05, 4.69) is 27.1 Å². The number of thiocarbonyl (C=S) groups is 1. The van der Waals surface area contributed by atoms with Crippen LogP contribution in [-0.4, -0.2) is 10.1 Å². The molecule has 2 heterocycles. The van der Waals surface area contributed by atoms with E-state index in [-0.39, 0.29) is 0 Å². The molecule has 2 N–H and O–H groups in total. The highest BCUT2D eigenvalue weighted by atomic mass is 35.5. The summed E-state index contributed by atoms with van der Waals surface area (Å²) in [6, 6.07) is 11.4. The van der Waals surface area contributed by atoms with Crippen LogP contribution in [0.3, 0.4) is 0 Å². The zero-order valence-corrected chi connectivity index (χ0v) is 15.6. The third kappa shape index (κ3) is 4.05. The molecule has 3 rings (SSSR count). The van der Waals surface area contributed by atoms with E-state index < -0.39 is 0 Å². The van der Waals surface area contributed by atoms with Gasteiger partial charge < -0.3 is 10.6 Å². The van der Waals surface area contributed by atoms with E-state index in [0.717, 1.165) is 16.8 Å². The van der Waals surface area contributed by atoms with Crippen LogP contribution < -0.4 is 10.6 Å². The Kier molecular flexibility index (Phi) is 5.68. The molecule has 24 heavy (non-hydrogen) atoms. The second-order valence-corrected chi connectivity index (χ2v) is 6.91. The minimum Gasteiger partial charge on any atom is -0.358 e. The van der Waals surface area contributed by atoms with Crippen LogP contribution in [0.1, 0.15) is 5.56 Å². The van der Waals surface area contributed by atoms with Crippen LogP contribution in [-0.2, 0) is 6.54 Å². The molecular weight excluding hydrogens is 381 g/mol. The topological polar surface area (TPSA) is 37.0 Å². The quantitative estimate of drug-likeness (QED) is 0.565. The number of pyridine rings is 1. The first kappa shape index (κ1) is 17.2. The Morgan fingerprint density at radius 1 is 1.17 bits per heavy atom. The third-order valence-corrected chi connectivity index (χ3v) is 5.07. The molecule has 0 unspecified atom stereocenters. The van der Waals surface area contributed by atoms with Crippen molar-refractivity contribution in [3.63, 3.8) is 0 Å². The molecule has 3 nitrogen and oxygen atoms in total. The van der Waals surface area contributed by atoms with E-state index in [1.807, 2.05) is 29.6 Å². The summed E-state index contributed by atoms with van der Waals surface area (Å²) < 4.78 is 0. The van der Waals surface area contributed by atoms with E-state index in [1.54, 1.807) is 23.6 Å². The lowest BCUT2D eigenvalue weighted by atomic mass is 10.1. The molecule has 0 fully saturated rings. The normalized spacial score (nSPS) is 10.4. The summed E-state index contributed by atoms with van der Waals surface area (Å²) in [5.41, 5.74) is 3.80. The summed E-state index contributed by atoms with van der Waals surface area (Å²) >= 11 is 19.1. The van der Waals surface area contributed by atoms with Gasteiger partial charge in [0, 0.05) is 23.7 Å². The number of anilines is 1. The van der Waals surface area contributed by atoms with Crippen molar-refractivity contribution in [2.75, 3.05) is 5.32 Å². The van der Waals surface area contributed by atoms with Gasteiger partial charge in [-0.15, -0.1) is 0 Å². The van der Waals surface area contributed by atoms with Crippen LogP contribution in [0.15, 0.2) is 53.4 Å². The van der Waals surface area contributed by atoms with Gasteiger partial charge in [0.15, 0.2) is 5.11 Å². The molecule has 0 saturated heterocycles. The van der Waals surface area contributed by atoms with Crippen LogP contribution in [0.4, 0.5) is 5.69 Å². The number of benzene rings is 1. The number of halogens is 2. The fourth-order valence-corrected chi connectivity index (χ4v) is 3.35. The number of hydrogen-bond acceptors (Lipinski definition) is 3. The molecule has 0 atom stereocenters. The van der Waals surface area contributed by atoms with Gasteiger partial charge in [-0.2, -0.15) is 11.3 Å². The van der Waals surface area contributed by atoms with Gasteiger partial charge in [0.25, 0.3) is 0 Å².